The van der Waals surface area contributed by atoms with Gasteiger partial charge >= 0.3 is 0 Å². The van der Waals surface area contributed by atoms with E-state index in [1.807, 2.05) is 0 Å². The highest BCUT2D eigenvalue weighted by Crippen LogP contribution is 2.30. The Labute approximate surface area is 117 Å². The van der Waals surface area contributed by atoms with Gasteiger partial charge in [-0.2, -0.15) is 5.26 Å². The van der Waals surface area contributed by atoms with Crippen molar-refractivity contribution >= 4 is 11.4 Å². The molecule has 0 heterocycles. The SMILES string of the molecule is N#CCCN(Cc1cc([N+](=O)[O-])ccc1NN)C1CC1. The smallest absolute Gasteiger partial charge is 0.269 e. The molecule has 20 heavy (non-hydrogen) atoms. The number of anilines is 1. The Morgan fingerprint density at radius 1 is 1.55 bits per heavy atom. The fourth-order valence-electron chi connectivity index (χ4n) is 2.21. The Morgan fingerprint density at radius 3 is 2.85 bits per heavy atom. The topological polar surface area (TPSA) is 108 Å². The molecular formula is C13H17N5O2. The minimum Gasteiger partial charge on any atom is -0.324 e. The van der Waals surface area contributed by atoms with Gasteiger partial charge in [-0.05, 0) is 24.5 Å². The predicted octanol–water partition coefficient (Wildman–Crippen LogP) is 1.76. The van der Waals surface area contributed by atoms with Gasteiger partial charge < -0.3 is 5.43 Å². The summed E-state index contributed by atoms with van der Waals surface area (Å²) in [6, 6.07) is 7.19. The van der Waals surface area contributed by atoms with Crippen LogP contribution in [0.5, 0.6) is 0 Å². The van der Waals surface area contributed by atoms with Gasteiger partial charge in [0.15, 0.2) is 0 Å². The fourth-order valence-corrected chi connectivity index (χ4v) is 2.21. The molecule has 0 saturated heterocycles. The van der Waals surface area contributed by atoms with Gasteiger partial charge in [0.2, 0.25) is 0 Å². The monoisotopic (exact) mass is 275 g/mol. The molecule has 2 rings (SSSR count). The number of hydrogen-bond acceptors (Lipinski definition) is 6. The van der Waals surface area contributed by atoms with Crippen LogP contribution >= 0.6 is 0 Å². The molecule has 0 amide bonds. The first-order chi connectivity index (χ1) is 9.65. The lowest BCUT2D eigenvalue weighted by Gasteiger charge is -2.22. The van der Waals surface area contributed by atoms with Crippen molar-refractivity contribution in [3.8, 4) is 6.07 Å². The summed E-state index contributed by atoms with van der Waals surface area (Å²) in [5, 5.41) is 19.6. The van der Waals surface area contributed by atoms with Gasteiger partial charge in [0, 0.05) is 37.7 Å². The summed E-state index contributed by atoms with van der Waals surface area (Å²) in [6.07, 6.45) is 2.69. The number of nitrogens with two attached hydrogens (primary N) is 1. The van der Waals surface area contributed by atoms with Crippen molar-refractivity contribution < 1.29 is 4.92 Å². The molecule has 1 aromatic rings. The number of rotatable bonds is 7. The molecule has 0 unspecified atom stereocenters. The minimum atomic E-state index is -0.416. The Morgan fingerprint density at radius 2 is 2.30 bits per heavy atom. The summed E-state index contributed by atoms with van der Waals surface area (Å²) >= 11 is 0. The first-order valence-electron chi connectivity index (χ1n) is 6.50. The van der Waals surface area contributed by atoms with E-state index in [4.69, 9.17) is 11.1 Å². The van der Waals surface area contributed by atoms with E-state index in [0.717, 1.165) is 18.4 Å². The minimum absolute atomic E-state index is 0.0510. The van der Waals surface area contributed by atoms with Gasteiger partial charge in [-0.3, -0.25) is 20.9 Å². The maximum atomic E-state index is 10.9. The van der Waals surface area contributed by atoms with Crippen LogP contribution in [0.25, 0.3) is 0 Å². The lowest BCUT2D eigenvalue weighted by atomic mass is 10.1. The second-order valence-corrected chi connectivity index (χ2v) is 4.85. The van der Waals surface area contributed by atoms with Gasteiger partial charge in [0.25, 0.3) is 5.69 Å². The van der Waals surface area contributed by atoms with E-state index >= 15 is 0 Å². The van der Waals surface area contributed by atoms with Crippen LogP contribution < -0.4 is 11.3 Å². The Balaban J connectivity index is 2.18. The predicted molar refractivity (Wildman–Crippen MR) is 74.6 cm³/mol. The molecule has 1 fully saturated rings. The van der Waals surface area contributed by atoms with Crippen LogP contribution in [0.2, 0.25) is 0 Å². The van der Waals surface area contributed by atoms with Crippen LogP contribution in [0.1, 0.15) is 24.8 Å². The third-order valence-corrected chi connectivity index (χ3v) is 3.40. The van der Waals surface area contributed by atoms with Crippen molar-refractivity contribution in [2.75, 3.05) is 12.0 Å². The summed E-state index contributed by atoms with van der Waals surface area (Å²) in [4.78, 5) is 12.6. The maximum Gasteiger partial charge on any atom is 0.269 e. The summed E-state index contributed by atoms with van der Waals surface area (Å²) in [5.74, 6) is 5.45. The van der Waals surface area contributed by atoms with Gasteiger partial charge in [-0.15, -0.1) is 0 Å². The average molecular weight is 275 g/mol. The van der Waals surface area contributed by atoms with Crippen molar-refractivity contribution in [1.82, 2.24) is 4.90 Å². The highest BCUT2D eigenvalue weighted by molar-refractivity contribution is 5.55. The van der Waals surface area contributed by atoms with Crippen LogP contribution in [0, 0.1) is 21.4 Å². The number of nitrogen functional groups attached to an aromatic ring is 1. The Kier molecular flexibility index (Phi) is 4.50. The first-order valence-corrected chi connectivity index (χ1v) is 6.50. The van der Waals surface area contributed by atoms with Crippen molar-refractivity contribution in [3.05, 3.63) is 33.9 Å². The second kappa shape index (κ2) is 6.32. The zero-order valence-electron chi connectivity index (χ0n) is 11.1. The van der Waals surface area contributed by atoms with E-state index in [1.165, 1.54) is 12.1 Å². The number of hydrogen-bond donors (Lipinski definition) is 2. The molecule has 106 valence electrons. The maximum absolute atomic E-state index is 10.9. The molecule has 0 bridgehead atoms. The molecule has 3 N–H and O–H groups in total. The van der Waals surface area contributed by atoms with Gasteiger partial charge in [0.1, 0.15) is 0 Å². The van der Waals surface area contributed by atoms with E-state index in [9.17, 15) is 10.1 Å². The number of nitro groups is 1. The summed E-state index contributed by atoms with van der Waals surface area (Å²) in [7, 11) is 0. The molecular weight excluding hydrogens is 258 g/mol. The highest BCUT2D eigenvalue weighted by atomic mass is 16.6. The number of nitrogens with one attached hydrogen (secondary N) is 1. The van der Waals surface area contributed by atoms with E-state index in [-0.39, 0.29) is 5.69 Å². The second-order valence-electron chi connectivity index (χ2n) is 4.85. The number of nitro benzene ring substituents is 1. The molecule has 0 atom stereocenters. The molecule has 0 aromatic heterocycles. The molecule has 1 saturated carbocycles. The standard InChI is InChI=1S/C13H17N5O2/c14-6-1-7-17(11-2-3-11)9-10-8-12(18(19)20)4-5-13(10)16-15/h4-5,8,11,16H,1-3,7,9,15H2. The van der Waals surface area contributed by atoms with Gasteiger partial charge in [-0.25, -0.2) is 0 Å². The van der Waals surface area contributed by atoms with Crippen molar-refractivity contribution in [1.29, 1.82) is 5.26 Å². The van der Waals surface area contributed by atoms with Gasteiger partial charge in [-0.1, -0.05) is 0 Å². The van der Waals surface area contributed by atoms with E-state index in [1.54, 1.807) is 6.07 Å². The molecule has 0 aliphatic heterocycles. The Hall–Kier alpha value is -2.17. The lowest BCUT2D eigenvalue weighted by molar-refractivity contribution is -0.384. The van der Waals surface area contributed by atoms with Crippen LogP contribution in [-0.2, 0) is 6.54 Å². The third kappa shape index (κ3) is 3.44. The number of nitrogens with zero attached hydrogens (tertiary/aromatic N) is 3. The molecule has 7 nitrogen and oxygen atoms in total. The average Bonchev–Trinajstić information content (AvgIpc) is 3.27. The molecule has 0 spiro atoms. The molecule has 7 heteroatoms. The molecule has 1 aliphatic carbocycles. The summed E-state index contributed by atoms with van der Waals surface area (Å²) in [5.41, 5.74) is 4.08. The Bertz CT molecular complexity index is 536. The summed E-state index contributed by atoms with van der Waals surface area (Å²) in [6.45, 7) is 1.24. The zero-order chi connectivity index (χ0) is 14.5. The lowest BCUT2D eigenvalue weighted by Crippen LogP contribution is -2.27. The van der Waals surface area contributed by atoms with Crippen molar-refractivity contribution in [2.45, 2.75) is 31.8 Å². The molecule has 1 aromatic carbocycles. The highest BCUT2D eigenvalue weighted by Gasteiger charge is 2.29. The quantitative estimate of drug-likeness (QED) is 0.446. The summed E-state index contributed by atoms with van der Waals surface area (Å²) < 4.78 is 0. The van der Waals surface area contributed by atoms with Crippen LogP contribution in [0.3, 0.4) is 0 Å². The van der Waals surface area contributed by atoms with Crippen LogP contribution in [-0.4, -0.2) is 22.4 Å². The van der Waals surface area contributed by atoms with Crippen LogP contribution in [0.15, 0.2) is 18.2 Å². The van der Waals surface area contributed by atoms with E-state index in [2.05, 4.69) is 16.4 Å². The number of nitriles is 1. The third-order valence-electron chi connectivity index (χ3n) is 3.40. The number of non-ortho nitro benzene ring substituents is 1. The van der Waals surface area contributed by atoms with E-state index < -0.39 is 4.92 Å². The fraction of sp³-hybridized carbons (Fsp3) is 0.462. The normalized spacial score (nSPS) is 14.1. The van der Waals surface area contributed by atoms with Gasteiger partial charge in [0.05, 0.1) is 16.7 Å². The van der Waals surface area contributed by atoms with E-state index in [0.29, 0.717) is 31.2 Å². The number of hydrazine groups is 1. The van der Waals surface area contributed by atoms with Crippen molar-refractivity contribution in [2.24, 2.45) is 5.84 Å². The van der Waals surface area contributed by atoms with Crippen molar-refractivity contribution in [3.63, 3.8) is 0 Å². The molecule has 0 radical (unpaired) electrons. The number of benzene rings is 1. The first kappa shape index (κ1) is 14.2. The molecule has 1 aliphatic rings. The largest absolute Gasteiger partial charge is 0.324 e. The van der Waals surface area contributed by atoms with Crippen LogP contribution in [0.4, 0.5) is 11.4 Å². The zero-order valence-corrected chi connectivity index (χ0v) is 11.1.